The fraction of sp³-hybridized carbons (Fsp3) is 0.273. The van der Waals surface area contributed by atoms with Gasteiger partial charge in [-0.2, -0.15) is 0 Å². The van der Waals surface area contributed by atoms with E-state index in [4.69, 9.17) is 17.3 Å². The summed E-state index contributed by atoms with van der Waals surface area (Å²) >= 11 is 8.16. The van der Waals surface area contributed by atoms with Crippen molar-refractivity contribution in [3.63, 3.8) is 0 Å². The van der Waals surface area contributed by atoms with Crippen molar-refractivity contribution >= 4 is 40.0 Å². The van der Waals surface area contributed by atoms with Crippen molar-refractivity contribution in [3.8, 4) is 5.69 Å². The van der Waals surface area contributed by atoms with Crippen LogP contribution in [-0.2, 0) is 0 Å². The van der Waals surface area contributed by atoms with Gasteiger partial charge in [0.15, 0.2) is 5.82 Å². The molecule has 0 atom stereocenters. The minimum Gasteiger partial charge on any atom is -0.381 e. The Morgan fingerprint density at radius 1 is 1.41 bits per heavy atom. The molecule has 0 fully saturated rings. The second-order valence-electron chi connectivity index (χ2n) is 4.02. The molecule has 2 aromatic rings. The molecule has 0 bridgehead atoms. The number of nitrogens with zero attached hydrogens (tertiary/aromatic N) is 3. The maximum Gasteiger partial charge on any atom is 0.169 e. The van der Waals surface area contributed by atoms with Crippen LogP contribution in [0, 0.1) is 3.57 Å². The zero-order valence-electron chi connectivity index (χ0n) is 9.48. The van der Waals surface area contributed by atoms with Crippen LogP contribution in [0.4, 0.5) is 5.82 Å². The Kier molecular flexibility index (Phi) is 3.58. The summed E-state index contributed by atoms with van der Waals surface area (Å²) in [5.41, 5.74) is 7.71. The van der Waals surface area contributed by atoms with E-state index in [1.165, 1.54) is 0 Å². The number of nitrogens with two attached hydrogens (primary N) is 1. The van der Waals surface area contributed by atoms with Crippen molar-refractivity contribution in [2.75, 3.05) is 5.73 Å². The lowest BCUT2D eigenvalue weighted by Crippen LogP contribution is -2.06. The first-order valence-corrected chi connectivity index (χ1v) is 6.63. The highest BCUT2D eigenvalue weighted by molar-refractivity contribution is 14.1. The highest BCUT2D eigenvalue weighted by Crippen LogP contribution is 2.26. The number of anilines is 1. The van der Waals surface area contributed by atoms with E-state index in [0.717, 1.165) is 15.0 Å². The SMILES string of the molecule is CC(C)c1c(N)nnn1-c1ccc(Cl)cc1I. The van der Waals surface area contributed by atoms with E-state index >= 15 is 0 Å². The second kappa shape index (κ2) is 4.81. The third kappa shape index (κ3) is 2.40. The summed E-state index contributed by atoms with van der Waals surface area (Å²) < 4.78 is 2.79. The molecule has 0 aliphatic heterocycles. The summed E-state index contributed by atoms with van der Waals surface area (Å²) in [4.78, 5) is 0. The van der Waals surface area contributed by atoms with Crippen LogP contribution >= 0.6 is 34.2 Å². The van der Waals surface area contributed by atoms with Crippen LogP contribution in [0.5, 0.6) is 0 Å². The molecule has 2 rings (SSSR count). The summed E-state index contributed by atoms with van der Waals surface area (Å²) in [6.45, 7) is 4.13. The summed E-state index contributed by atoms with van der Waals surface area (Å²) in [6, 6.07) is 5.64. The van der Waals surface area contributed by atoms with Crippen LogP contribution in [0.3, 0.4) is 0 Å². The standard InChI is InChI=1S/C11H12ClIN4/c1-6(2)10-11(14)15-16-17(10)9-4-3-7(12)5-8(9)13/h3-6H,14H2,1-2H3. The lowest BCUT2D eigenvalue weighted by molar-refractivity contribution is 0.714. The van der Waals surface area contributed by atoms with Crippen LogP contribution in [0.15, 0.2) is 18.2 Å². The zero-order valence-corrected chi connectivity index (χ0v) is 12.4. The molecule has 0 spiro atoms. The van der Waals surface area contributed by atoms with E-state index in [9.17, 15) is 0 Å². The largest absolute Gasteiger partial charge is 0.381 e. The van der Waals surface area contributed by atoms with E-state index in [1.54, 1.807) is 4.68 Å². The molecular formula is C11H12ClIN4. The number of nitrogen functional groups attached to an aromatic ring is 1. The molecule has 17 heavy (non-hydrogen) atoms. The molecule has 0 aliphatic carbocycles. The summed E-state index contributed by atoms with van der Waals surface area (Å²) in [7, 11) is 0. The lowest BCUT2D eigenvalue weighted by atomic mass is 10.1. The maximum atomic E-state index is 5.94. The molecule has 1 heterocycles. The third-order valence-corrected chi connectivity index (χ3v) is 3.52. The first kappa shape index (κ1) is 12.6. The van der Waals surface area contributed by atoms with E-state index in [-0.39, 0.29) is 5.92 Å². The van der Waals surface area contributed by atoms with Gasteiger partial charge in [-0.3, -0.25) is 0 Å². The number of rotatable bonds is 2. The number of hydrogen-bond donors (Lipinski definition) is 1. The fourth-order valence-electron chi connectivity index (χ4n) is 1.67. The van der Waals surface area contributed by atoms with E-state index in [2.05, 4.69) is 46.8 Å². The Labute approximate surface area is 118 Å². The minimum atomic E-state index is 0.261. The minimum absolute atomic E-state index is 0.261. The van der Waals surface area contributed by atoms with Gasteiger partial charge in [0, 0.05) is 8.59 Å². The van der Waals surface area contributed by atoms with Crippen molar-refractivity contribution in [2.45, 2.75) is 19.8 Å². The highest BCUT2D eigenvalue weighted by atomic mass is 127. The average molecular weight is 363 g/mol. The van der Waals surface area contributed by atoms with Crippen LogP contribution < -0.4 is 5.73 Å². The molecule has 4 nitrogen and oxygen atoms in total. The van der Waals surface area contributed by atoms with Gasteiger partial charge in [0.05, 0.1) is 11.4 Å². The average Bonchev–Trinajstić information content (AvgIpc) is 2.60. The lowest BCUT2D eigenvalue weighted by Gasteiger charge is -2.11. The van der Waals surface area contributed by atoms with E-state index in [1.807, 2.05) is 18.2 Å². The second-order valence-corrected chi connectivity index (χ2v) is 5.62. The van der Waals surface area contributed by atoms with Crippen LogP contribution in [0.25, 0.3) is 5.69 Å². The van der Waals surface area contributed by atoms with Crippen molar-refractivity contribution in [1.82, 2.24) is 15.0 Å². The molecular weight excluding hydrogens is 351 g/mol. The molecule has 1 aromatic carbocycles. The highest BCUT2D eigenvalue weighted by Gasteiger charge is 2.16. The quantitative estimate of drug-likeness (QED) is 0.835. The Bertz CT molecular complexity index is 550. The monoisotopic (exact) mass is 362 g/mol. The van der Waals surface area contributed by atoms with Gasteiger partial charge in [0.25, 0.3) is 0 Å². The van der Waals surface area contributed by atoms with Gasteiger partial charge in [-0.25, -0.2) is 4.68 Å². The first-order chi connectivity index (χ1) is 8.00. The molecule has 0 unspecified atom stereocenters. The molecule has 0 saturated heterocycles. The summed E-state index contributed by atoms with van der Waals surface area (Å²) in [6.07, 6.45) is 0. The molecule has 90 valence electrons. The van der Waals surface area contributed by atoms with Crippen molar-refractivity contribution in [2.24, 2.45) is 0 Å². The van der Waals surface area contributed by atoms with Gasteiger partial charge >= 0.3 is 0 Å². The van der Waals surface area contributed by atoms with Crippen LogP contribution in [-0.4, -0.2) is 15.0 Å². The van der Waals surface area contributed by atoms with E-state index in [0.29, 0.717) is 10.8 Å². The van der Waals surface area contributed by atoms with Gasteiger partial charge < -0.3 is 5.73 Å². The normalized spacial score (nSPS) is 11.1. The zero-order chi connectivity index (χ0) is 12.6. The fourth-order valence-corrected chi connectivity index (χ4v) is 2.77. The predicted octanol–water partition coefficient (Wildman–Crippen LogP) is 3.23. The summed E-state index contributed by atoms with van der Waals surface area (Å²) in [5.74, 6) is 0.738. The van der Waals surface area contributed by atoms with Crippen molar-refractivity contribution < 1.29 is 0 Å². The van der Waals surface area contributed by atoms with Crippen molar-refractivity contribution in [3.05, 3.63) is 32.5 Å². The molecule has 0 saturated carbocycles. The number of hydrogen-bond acceptors (Lipinski definition) is 3. The molecule has 0 radical (unpaired) electrons. The number of halogens is 2. The predicted molar refractivity (Wildman–Crippen MR) is 77.6 cm³/mol. The number of aromatic nitrogens is 3. The first-order valence-electron chi connectivity index (χ1n) is 5.17. The Morgan fingerprint density at radius 3 is 2.71 bits per heavy atom. The number of benzene rings is 1. The topological polar surface area (TPSA) is 56.7 Å². The van der Waals surface area contributed by atoms with Gasteiger partial charge in [-0.05, 0) is 46.7 Å². The Morgan fingerprint density at radius 2 is 2.12 bits per heavy atom. The maximum absolute atomic E-state index is 5.94. The van der Waals surface area contributed by atoms with Gasteiger partial charge in [0.2, 0.25) is 0 Å². The smallest absolute Gasteiger partial charge is 0.169 e. The molecule has 0 amide bonds. The molecule has 0 aliphatic rings. The van der Waals surface area contributed by atoms with Gasteiger partial charge in [-0.1, -0.05) is 30.7 Å². The van der Waals surface area contributed by atoms with Crippen molar-refractivity contribution in [1.29, 1.82) is 0 Å². The van der Waals surface area contributed by atoms with Gasteiger partial charge in [0.1, 0.15) is 0 Å². The summed E-state index contributed by atoms with van der Waals surface area (Å²) in [5, 5.41) is 8.73. The van der Waals surface area contributed by atoms with Gasteiger partial charge in [-0.15, -0.1) is 5.10 Å². The van der Waals surface area contributed by atoms with E-state index < -0.39 is 0 Å². The third-order valence-electron chi connectivity index (χ3n) is 2.42. The molecule has 1 aromatic heterocycles. The molecule has 2 N–H and O–H groups in total. The van der Waals surface area contributed by atoms with Crippen LogP contribution in [0.2, 0.25) is 5.02 Å². The Balaban J connectivity index is 2.61. The van der Waals surface area contributed by atoms with Crippen LogP contribution in [0.1, 0.15) is 25.5 Å². The Hall–Kier alpha value is -0.820. The molecule has 6 heteroatoms.